The molecule has 0 fully saturated rings. The number of nitrogens with zero attached hydrogens (tertiary/aromatic N) is 4. The molecule has 0 aliphatic carbocycles. The van der Waals surface area contributed by atoms with Gasteiger partial charge in [0.05, 0.1) is 16.9 Å². The zero-order valence-corrected chi connectivity index (χ0v) is 20.7. The van der Waals surface area contributed by atoms with E-state index in [1.165, 1.54) is 12.1 Å². The predicted molar refractivity (Wildman–Crippen MR) is 144 cm³/mol. The Morgan fingerprint density at radius 3 is 2.20 bits per heavy atom. The molecule has 1 aliphatic rings. The van der Waals surface area contributed by atoms with Crippen LogP contribution in [0.15, 0.2) is 110 Å². The number of benzene rings is 3. The van der Waals surface area contributed by atoms with Crippen molar-refractivity contribution < 1.29 is 22.8 Å². The Morgan fingerprint density at radius 2 is 1.48 bits per heavy atom. The average Bonchev–Trinajstić information content (AvgIpc) is 3.40. The average molecular weight is 537 g/mol. The van der Waals surface area contributed by atoms with Crippen LogP contribution in [0.3, 0.4) is 0 Å². The van der Waals surface area contributed by atoms with Crippen molar-refractivity contribution in [2.45, 2.75) is 6.18 Å². The summed E-state index contributed by atoms with van der Waals surface area (Å²) in [5, 5.41) is 4.74. The van der Waals surface area contributed by atoms with E-state index in [0.717, 1.165) is 22.7 Å². The molecule has 3 aromatic carbocycles. The minimum absolute atomic E-state index is 0.144. The van der Waals surface area contributed by atoms with E-state index in [1.54, 1.807) is 59.7 Å². The maximum atomic E-state index is 13.9. The van der Waals surface area contributed by atoms with Gasteiger partial charge in [-0.1, -0.05) is 42.5 Å². The second-order valence-corrected chi connectivity index (χ2v) is 9.05. The number of amides is 2. The Kier molecular flexibility index (Phi) is 6.11. The Labute approximate surface area is 226 Å². The number of rotatable bonds is 4. The number of carbonyl (C=O) groups is 2. The quantitative estimate of drug-likeness (QED) is 0.190. The highest BCUT2D eigenvalue weighted by Crippen LogP contribution is 2.37. The van der Waals surface area contributed by atoms with Crippen LogP contribution in [0, 0.1) is 0 Å². The molecule has 3 heterocycles. The highest BCUT2D eigenvalue weighted by Gasteiger charge is 2.38. The molecule has 0 bridgehead atoms. The number of aromatic nitrogens is 3. The minimum atomic E-state index is -4.64. The Balaban J connectivity index is 1.54. The number of para-hydroxylation sites is 1. The molecule has 0 unspecified atom stereocenters. The monoisotopic (exact) mass is 536 g/mol. The van der Waals surface area contributed by atoms with Crippen LogP contribution >= 0.6 is 0 Å². The molecule has 9 heteroatoms. The number of pyridine rings is 1. The molecule has 196 valence electrons. The van der Waals surface area contributed by atoms with Crippen LogP contribution < -0.4 is 4.90 Å². The fourth-order valence-corrected chi connectivity index (χ4v) is 4.64. The van der Waals surface area contributed by atoms with Gasteiger partial charge in [-0.3, -0.25) is 14.6 Å². The van der Waals surface area contributed by atoms with Crippen molar-refractivity contribution >= 4 is 29.2 Å². The second kappa shape index (κ2) is 9.77. The van der Waals surface area contributed by atoms with Gasteiger partial charge in [-0.05, 0) is 60.2 Å². The fraction of sp³-hybridized carbons (Fsp3) is 0.0323. The van der Waals surface area contributed by atoms with E-state index in [1.807, 2.05) is 36.4 Å². The number of anilines is 1. The van der Waals surface area contributed by atoms with E-state index in [0.29, 0.717) is 22.4 Å². The molecule has 0 spiro atoms. The molecule has 1 aliphatic heterocycles. The molecule has 6 rings (SSSR count). The van der Waals surface area contributed by atoms with Crippen LogP contribution in [0.4, 0.5) is 18.9 Å². The molecule has 2 amide bonds. The summed E-state index contributed by atoms with van der Waals surface area (Å²) >= 11 is 0. The SMILES string of the molecule is O=C1C(=Cc2cn(-c3ccccc3)nc2-c2cccnc2)c2ccccc2C(=O)N1c1cccc(C(F)(F)F)c1. The number of imide groups is 1. The largest absolute Gasteiger partial charge is 0.416 e. The van der Waals surface area contributed by atoms with Gasteiger partial charge in [0.2, 0.25) is 0 Å². The van der Waals surface area contributed by atoms with Crippen molar-refractivity contribution in [2.75, 3.05) is 4.90 Å². The lowest BCUT2D eigenvalue weighted by atomic mass is 9.91. The van der Waals surface area contributed by atoms with E-state index < -0.39 is 23.6 Å². The lowest BCUT2D eigenvalue weighted by Gasteiger charge is -2.29. The van der Waals surface area contributed by atoms with Crippen LogP contribution in [0.2, 0.25) is 0 Å². The van der Waals surface area contributed by atoms with Gasteiger partial charge in [-0.25, -0.2) is 9.58 Å². The Bertz CT molecular complexity index is 1780. The Morgan fingerprint density at radius 1 is 0.750 bits per heavy atom. The third-order valence-corrected chi connectivity index (χ3v) is 6.51. The van der Waals surface area contributed by atoms with Gasteiger partial charge < -0.3 is 0 Å². The zero-order valence-electron chi connectivity index (χ0n) is 20.7. The van der Waals surface area contributed by atoms with Crippen molar-refractivity contribution in [2.24, 2.45) is 0 Å². The van der Waals surface area contributed by atoms with E-state index in [2.05, 4.69) is 4.98 Å². The summed E-state index contributed by atoms with van der Waals surface area (Å²) in [6.07, 6.45) is 2.01. The topological polar surface area (TPSA) is 68.1 Å². The van der Waals surface area contributed by atoms with Gasteiger partial charge in [-0.2, -0.15) is 18.3 Å². The fourth-order valence-electron chi connectivity index (χ4n) is 4.64. The smallest absolute Gasteiger partial charge is 0.268 e. The first-order chi connectivity index (χ1) is 19.3. The molecular formula is C31H19F3N4O2. The summed E-state index contributed by atoms with van der Waals surface area (Å²) in [7, 11) is 0. The second-order valence-electron chi connectivity index (χ2n) is 9.05. The lowest BCUT2D eigenvalue weighted by molar-refractivity contribution is -0.137. The Hall–Kier alpha value is -5.31. The zero-order chi connectivity index (χ0) is 27.9. The van der Waals surface area contributed by atoms with E-state index in [4.69, 9.17) is 5.10 Å². The summed E-state index contributed by atoms with van der Waals surface area (Å²) in [6, 6.07) is 23.7. The summed E-state index contributed by atoms with van der Waals surface area (Å²) < 4.78 is 42.1. The molecule has 0 atom stereocenters. The van der Waals surface area contributed by atoms with Crippen LogP contribution in [-0.4, -0.2) is 26.6 Å². The van der Waals surface area contributed by atoms with Gasteiger partial charge >= 0.3 is 6.18 Å². The van der Waals surface area contributed by atoms with Crippen LogP contribution in [0.1, 0.15) is 27.0 Å². The normalized spacial score (nSPS) is 14.5. The highest BCUT2D eigenvalue weighted by atomic mass is 19.4. The van der Waals surface area contributed by atoms with Crippen LogP contribution in [-0.2, 0) is 11.0 Å². The summed E-state index contributed by atoms with van der Waals surface area (Å²) in [5.74, 6) is -1.45. The molecular weight excluding hydrogens is 517 g/mol. The third kappa shape index (κ3) is 4.47. The molecule has 0 radical (unpaired) electrons. The predicted octanol–water partition coefficient (Wildman–Crippen LogP) is 6.68. The van der Waals surface area contributed by atoms with Gasteiger partial charge in [0.1, 0.15) is 5.69 Å². The first kappa shape index (κ1) is 25.0. The lowest BCUT2D eigenvalue weighted by Crippen LogP contribution is -2.41. The van der Waals surface area contributed by atoms with Gasteiger partial charge in [0, 0.05) is 40.9 Å². The number of fused-ring (bicyclic) bond motifs is 1. The van der Waals surface area contributed by atoms with E-state index in [9.17, 15) is 22.8 Å². The number of carbonyl (C=O) groups excluding carboxylic acids is 2. The number of alkyl halides is 3. The molecule has 40 heavy (non-hydrogen) atoms. The van der Waals surface area contributed by atoms with Crippen LogP contribution in [0.5, 0.6) is 0 Å². The minimum Gasteiger partial charge on any atom is -0.268 e. The number of hydrogen-bond acceptors (Lipinski definition) is 4. The summed E-state index contributed by atoms with van der Waals surface area (Å²) in [5.41, 5.74) is 2.18. The first-order valence-corrected chi connectivity index (χ1v) is 12.2. The van der Waals surface area contributed by atoms with Crippen molar-refractivity contribution in [3.8, 4) is 16.9 Å². The molecule has 0 N–H and O–H groups in total. The molecule has 6 nitrogen and oxygen atoms in total. The standard InChI is InChI=1S/C31H19F3N4O2/c32-31(33,34)22-9-6-12-24(17-22)38-29(39)26-14-5-4-13-25(26)27(30(38)40)16-21-19-37(23-10-2-1-3-11-23)36-28(21)20-8-7-15-35-18-20/h1-19H. The summed E-state index contributed by atoms with van der Waals surface area (Å²) in [4.78, 5) is 32.3. The van der Waals surface area contributed by atoms with Crippen molar-refractivity contribution in [3.63, 3.8) is 0 Å². The van der Waals surface area contributed by atoms with Gasteiger partial charge in [0.15, 0.2) is 0 Å². The van der Waals surface area contributed by atoms with E-state index in [-0.39, 0.29) is 16.8 Å². The number of halogens is 3. The maximum Gasteiger partial charge on any atom is 0.416 e. The molecule has 0 saturated carbocycles. The summed E-state index contributed by atoms with van der Waals surface area (Å²) in [6.45, 7) is 0. The van der Waals surface area contributed by atoms with Gasteiger partial charge in [-0.15, -0.1) is 0 Å². The van der Waals surface area contributed by atoms with Crippen LogP contribution in [0.25, 0.3) is 28.6 Å². The van der Waals surface area contributed by atoms with Gasteiger partial charge in [0.25, 0.3) is 11.8 Å². The molecule has 5 aromatic rings. The van der Waals surface area contributed by atoms with Crippen molar-refractivity contribution in [1.82, 2.24) is 14.8 Å². The van der Waals surface area contributed by atoms with Crippen molar-refractivity contribution in [3.05, 3.63) is 132 Å². The molecule has 0 saturated heterocycles. The highest BCUT2D eigenvalue weighted by molar-refractivity contribution is 6.43. The third-order valence-electron chi connectivity index (χ3n) is 6.51. The number of hydrogen-bond donors (Lipinski definition) is 0. The maximum absolute atomic E-state index is 13.9. The van der Waals surface area contributed by atoms with E-state index >= 15 is 0 Å². The van der Waals surface area contributed by atoms with Crippen molar-refractivity contribution in [1.29, 1.82) is 0 Å². The molecule has 2 aromatic heterocycles. The first-order valence-electron chi connectivity index (χ1n) is 12.2.